The van der Waals surface area contributed by atoms with Crippen molar-refractivity contribution in [2.24, 2.45) is 4.99 Å². The summed E-state index contributed by atoms with van der Waals surface area (Å²) in [5.74, 6) is 0.861. The highest BCUT2D eigenvalue weighted by molar-refractivity contribution is 14.0. The molecule has 2 aromatic rings. The normalized spacial score (nSPS) is 11.4. The molecule has 0 bridgehead atoms. The number of guanidine groups is 1. The van der Waals surface area contributed by atoms with Gasteiger partial charge in [0.15, 0.2) is 5.96 Å². The van der Waals surface area contributed by atoms with Gasteiger partial charge < -0.3 is 15.5 Å². The molecule has 0 saturated carbocycles. The number of benzene rings is 1. The summed E-state index contributed by atoms with van der Waals surface area (Å²) in [6.07, 6.45) is 3.97. The van der Waals surface area contributed by atoms with Gasteiger partial charge in [0.2, 0.25) is 0 Å². The molecule has 0 spiro atoms. The van der Waals surface area contributed by atoms with E-state index in [1.54, 1.807) is 11.3 Å². The quantitative estimate of drug-likeness (QED) is 0.313. The number of aromatic nitrogens is 1. The van der Waals surface area contributed by atoms with Crippen LogP contribution in [0.25, 0.3) is 0 Å². The van der Waals surface area contributed by atoms with E-state index in [-0.39, 0.29) is 24.0 Å². The molecule has 150 valence electrons. The van der Waals surface area contributed by atoms with Crippen LogP contribution >= 0.6 is 35.3 Å². The van der Waals surface area contributed by atoms with E-state index in [4.69, 9.17) is 4.99 Å². The minimum atomic E-state index is 0. The second-order valence-electron chi connectivity index (χ2n) is 6.45. The van der Waals surface area contributed by atoms with Crippen LogP contribution in [0.2, 0.25) is 0 Å². The fourth-order valence-electron chi connectivity index (χ4n) is 2.63. The third-order valence-corrected chi connectivity index (χ3v) is 5.14. The minimum Gasteiger partial charge on any atom is -0.357 e. The first-order chi connectivity index (χ1) is 12.6. The molecule has 0 aliphatic carbocycles. The average Bonchev–Trinajstić information content (AvgIpc) is 3.08. The Labute approximate surface area is 184 Å². The molecule has 5 nitrogen and oxygen atoms in total. The van der Waals surface area contributed by atoms with Crippen LogP contribution in [0.3, 0.4) is 0 Å². The van der Waals surface area contributed by atoms with Gasteiger partial charge in [0, 0.05) is 37.1 Å². The first-order valence-electron chi connectivity index (χ1n) is 9.29. The highest BCUT2D eigenvalue weighted by Crippen LogP contribution is 2.13. The Balaban J connectivity index is 0.00000364. The van der Waals surface area contributed by atoms with E-state index >= 15 is 0 Å². The van der Waals surface area contributed by atoms with Gasteiger partial charge in [-0.2, -0.15) is 0 Å². The molecule has 2 rings (SSSR count). The van der Waals surface area contributed by atoms with Crippen molar-refractivity contribution in [2.45, 2.75) is 39.8 Å². The third kappa shape index (κ3) is 8.57. The standard InChI is InChI=1S/C20H31N5S.HI/c1-5-18-14-23-19(26-18)11-12-22-20(21-6-2)24-13-16-9-7-8-10-17(16)15-25(3)4;/h7-10,14H,5-6,11-13,15H2,1-4H3,(H2,21,22,24);1H. The molecule has 0 unspecified atom stereocenters. The Morgan fingerprint density at radius 1 is 1.15 bits per heavy atom. The summed E-state index contributed by atoms with van der Waals surface area (Å²) in [7, 11) is 4.18. The molecule has 0 aliphatic rings. The van der Waals surface area contributed by atoms with Crippen molar-refractivity contribution in [3.05, 3.63) is 51.5 Å². The number of nitrogens with one attached hydrogen (secondary N) is 2. The topological polar surface area (TPSA) is 52.6 Å². The van der Waals surface area contributed by atoms with Crippen molar-refractivity contribution in [1.29, 1.82) is 0 Å². The number of hydrogen-bond donors (Lipinski definition) is 2. The van der Waals surface area contributed by atoms with E-state index in [1.165, 1.54) is 21.0 Å². The first-order valence-corrected chi connectivity index (χ1v) is 10.1. The lowest BCUT2D eigenvalue weighted by Crippen LogP contribution is -2.38. The molecule has 0 amide bonds. The second kappa shape index (κ2) is 13.1. The molecule has 1 heterocycles. The summed E-state index contributed by atoms with van der Waals surface area (Å²) in [6, 6.07) is 8.51. The molecule has 2 N–H and O–H groups in total. The molecular formula is C20H32IN5S. The average molecular weight is 501 g/mol. The Kier molecular flexibility index (Phi) is 11.5. The van der Waals surface area contributed by atoms with Crippen molar-refractivity contribution < 1.29 is 0 Å². The van der Waals surface area contributed by atoms with Crippen LogP contribution in [0, 0.1) is 0 Å². The van der Waals surface area contributed by atoms with Crippen LogP contribution in [0.15, 0.2) is 35.5 Å². The third-order valence-electron chi connectivity index (χ3n) is 3.94. The monoisotopic (exact) mass is 501 g/mol. The number of nitrogens with zero attached hydrogens (tertiary/aromatic N) is 3. The number of thiazole rings is 1. The highest BCUT2D eigenvalue weighted by Gasteiger charge is 2.05. The van der Waals surface area contributed by atoms with Gasteiger partial charge >= 0.3 is 0 Å². The zero-order valence-electron chi connectivity index (χ0n) is 16.8. The number of hydrogen-bond acceptors (Lipinski definition) is 4. The van der Waals surface area contributed by atoms with Gasteiger partial charge in [-0.3, -0.25) is 0 Å². The van der Waals surface area contributed by atoms with Crippen molar-refractivity contribution in [3.8, 4) is 0 Å². The Hall–Kier alpha value is -1.19. The largest absolute Gasteiger partial charge is 0.357 e. The van der Waals surface area contributed by atoms with E-state index in [2.05, 4.69) is 72.7 Å². The van der Waals surface area contributed by atoms with Crippen molar-refractivity contribution >= 4 is 41.3 Å². The van der Waals surface area contributed by atoms with E-state index in [0.717, 1.165) is 38.4 Å². The van der Waals surface area contributed by atoms with Gasteiger partial charge in [0.25, 0.3) is 0 Å². The second-order valence-corrected chi connectivity index (χ2v) is 7.65. The van der Waals surface area contributed by atoms with Crippen LogP contribution in [0.5, 0.6) is 0 Å². The van der Waals surface area contributed by atoms with E-state index in [0.29, 0.717) is 6.54 Å². The summed E-state index contributed by atoms with van der Waals surface area (Å²) < 4.78 is 0. The van der Waals surface area contributed by atoms with Gasteiger partial charge in [-0.15, -0.1) is 35.3 Å². The molecule has 1 aromatic carbocycles. The highest BCUT2D eigenvalue weighted by atomic mass is 127. The molecule has 0 aliphatic heterocycles. The number of aryl methyl sites for hydroxylation is 1. The maximum Gasteiger partial charge on any atom is 0.191 e. The predicted octanol–water partition coefficient (Wildman–Crippen LogP) is 3.68. The SMILES string of the molecule is CCNC(=NCc1ccccc1CN(C)C)NCCc1ncc(CC)s1.I. The van der Waals surface area contributed by atoms with Crippen LogP contribution in [-0.2, 0) is 25.9 Å². The van der Waals surface area contributed by atoms with Gasteiger partial charge in [0.05, 0.1) is 11.6 Å². The van der Waals surface area contributed by atoms with Gasteiger partial charge in [-0.25, -0.2) is 9.98 Å². The van der Waals surface area contributed by atoms with E-state index in [1.807, 2.05) is 6.20 Å². The van der Waals surface area contributed by atoms with Gasteiger partial charge in [-0.05, 0) is 38.6 Å². The minimum absolute atomic E-state index is 0. The molecule has 27 heavy (non-hydrogen) atoms. The van der Waals surface area contributed by atoms with Crippen molar-refractivity contribution in [2.75, 3.05) is 27.2 Å². The molecule has 0 saturated heterocycles. The van der Waals surface area contributed by atoms with Crippen LogP contribution in [0.4, 0.5) is 0 Å². The predicted molar refractivity (Wildman–Crippen MR) is 127 cm³/mol. The van der Waals surface area contributed by atoms with E-state index < -0.39 is 0 Å². The molecule has 1 aromatic heterocycles. The summed E-state index contributed by atoms with van der Waals surface area (Å²) >= 11 is 1.80. The Morgan fingerprint density at radius 2 is 1.89 bits per heavy atom. The van der Waals surface area contributed by atoms with Crippen LogP contribution in [0.1, 0.15) is 34.9 Å². The zero-order chi connectivity index (χ0) is 18.8. The lowest BCUT2D eigenvalue weighted by molar-refractivity contribution is 0.401. The lowest BCUT2D eigenvalue weighted by Gasteiger charge is -2.14. The summed E-state index contributed by atoms with van der Waals surface area (Å²) in [4.78, 5) is 12.8. The first kappa shape index (κ1) is 23.8. The maximum absolute atomic E-state index is 4.76. The molecule has 0 atom stereocenters. The number of halogens is 1. The number of rotatable bonds is 9. The summed E-state index contributed by atoms with van der Waals surface area (Å²) in [6.45, 7) is 7.55. The summed E-state index contributed by atoms with van der Waals surface area (Å²) in [5, 5.41) is 7.93. The zero-order valence-corrected chi connectivity index (χ0v) is 19.9. The number of aliphatic imine (C=N–C) groups is 1. The molecule has 0 fully saturated rings. The van der Waals surface area contributed by atoms with Crippen LogP contribution in [-0.4, -0.2) is 43.0 Å². The van der Waals surface area contributed by atoms with Crippen molar-refractivity contribution in [3.63, 3.8) is 0 Å². The summed E-state index contributed by atoms with van der Waals surface area (Å²) in [5.41, 5.74) is 2.60. The Bertz CT molecular complexity index is 699. The fourth-order valence-corrected chi connectivity index (χ4v) is 3.49. The molecule has 7 heteroatoms. The molecular weight excluding hydrogens is 469 g/mol. The Morgan fingerprint density at radius 3 is 2.52 bits per heavy atom. The van der Waals surface area contributed by atoms with Gasteiger partial charge in [0.1, 0.15) is 0 Å². The fraction of sp³-hybridized carbons (Fsp3) is 0.500. The molecule has 0 radical (unpaired) electrons. The lowest BCUT2D eigenvalue weighted by atomic mass is 10.1. The van der Waals surface area contributed by atoms with E-state index in [9.17, 15) is 0 Å². The van der Waals surface area contributed by atoms with Crippen molar-refractivity contribution in [1.82, 2.24) is 20.5 Å². The maximum atomic E-state index is 4.76. The smallest absolute Gasteiger partial charge is 0.191 e. The van der Waals surface area contributed by atoms with Gasteiger partial charge in [-0.1, -0.05) is 31.2 Å². The van der Waals surface area contributed by atoms with Crippen LogP contribution < -0.4 is 10.6 Å².